The molecule has 0 atom stereocenters. The summed E-state index contributed by atoms with van der Waals surface area (Å²) < 4.78 is 32.2. The summed E-state index contributed by atoms with van der Waals surface area (Å²) in [7, 11) is -1.48. The van der Waals surface area contributed by atoms with E-state index in [1.54, 1.807) is 13.8 Å². The molecule has 0 spiro atoms. The van der Waals surface area contributed by atoms with Crippen molar-refractivity contribution < 1.29 is 12.9 Å². The largest absolute Gasteiger partial charge is 0.360 e. The molecule has 0 radical (unpaired) electrons. The lowest BCUT2D eigenvalue weighted by atomic mass is 10.1. The third-order valence-corrected chi connectivity index (χ3v) is 5.04. The van der Waals surface area contributed by atoms with Gasteiger partial charge in [0, 0.05) is 6.04 Å². The van der Waals surface area contributed by atoms with Crippen LogP contribution in [0.25, 0.3) is 0 Å². The number of sulfonamides is 1. The molecule has 2 heterocycles. The van der Waals surface area contributed by atoms with E-state index in [1.807, 2.05) is 7.05 Å². The summed E-state index contributed by atoms with van der Waals surface area (Å²) in [5.41, 5.74) is 0.410. The van der Waals surface area contributed by atoms with Crippen molar-refractivity contribution in [3.63, 3.8) is 0 Å². The maximum absolute atomic E-state index is 12.3. The minimum atomic E-state index is -3.52. The number of aromatic nitrogens is 1. The second-order valence-electron chi connectivity index (χ2n) is 4.85. The standard InChI is InChI=1S/C11H19N3O3S/c1-8-11(9(2)17-12-8)18(15,16)13-10-4-6-14(3)7-5-10/h10,13H,4-7H2,1-3H3. The Labute approximate surface area is 107 Å². The highest BCUT2D eigenvalue weighted by molar-refractivity contribution is 7.89. The zero-order valence-corrected chi connectivity index (χ0v) is 11.7. The molecule has 1 saturated heterocycles. The van der Waals surface area contributed by atoms with E-state index in [0.29, 0.717) is 11.5 Å². The maximum atomic E-state index is 12.3. The summed E-state index contributed by atoms with van der Waals surface area (Å²) in [4.78, 5) is 2.38. The van der Waals surface area contributed by atoms with Gasteiger partial charge in [-0.15, -0.1) is 0 Å². The summed E-state index contributed by atoms with van der Waals surface area (Å²) >= 11 is 0. The highest BCUT2D eigenvalue weighted by Gasteiger charge is 2.28. The number of hydrogen-bond donors (Lipinski definition) is 1. The van der Waals surface area contributed by atoms with E-state index in [-0.39, 0.29) is 10.9 Å². The van der Waals surface area contributed by atoms with Gasteiger partial charge in [0.25, 0.3) is 0 Å². The number of aryl methyl sites for hydroxylation is 2. The van der Waals surface area contributed by atoms with Crippen LogP contribution in [-0.2, 0) is 10.0 Å². The van der Waals surface area contributed by atoms with Crippen LogP contribution in [0.15, 0.2) is 9.42 Å². The lowest BCUT2D eigenvalue weighted by Gasteiger charge is -2.29. The first kappa shape index (κ1) is 13.5. The third kappa shape index (κ3) is 2.73. The number of piperidine rings is 1. The molecule has 0 aromatic carbocycles. The van der Waals surface area contributed by atoms with Crippen molar-refractivity contribution in [1.82, 2.24) is 14.8 Å². The normalized spacial score (nSPS) is 19.3. The molecule has 0 saturated carbocycles. The van der Waals surface area contributed by atoms with Crippen molar-refractivity contribution in [2.75, 3.05) is 20.1 Å². The Bertz CT molecular complexity index is 496. The van der Waals surface area contributed by atoms with Gasteiger partial charge in [0.05, 0.1) is 0 Å². The second kappa shape index (κ2) is 4.99. The molecule has 7 heteroatoms. The van der Waals surface area contributed by atoms with Crippen LogP contribution < -0.4 is 4.72 Å². The number of hydrogen-bond acceptors (Lipinski definition) is 5. The molecule has 1 N–H and O–H groups in total. The van der Waals surface area contributed by atoms with Gasteiger partial charge in [-0.05, 0) is 46.8 Å². The molecule has 2 rings (SSSR count). The van der Waals surface area contributed by atoms with Crippen LogP contribution in [0.5, 0.6) is 0 Å². The average molecular weight is 273 g/mol. The van der Waals surface area contributed by atoms with Gasteiger partial charge in [0.15, 0.2) is 5.76 Å². The van der Waals surface area contributed by atoms with Gasteiger partial charge >= 0.3 is 0 Å². The van der Waals surface area contributed by atoms with Crippen molar-refractivity contribution in [3.8, 4) is 0 Å². The first-order valence-corrected chi connectivity index (χ1v) is 7.52. The molecule has 1 aromatic heterocycles. The van der Waals surface area contributed by atoms with E-state index in [2.05, 4.69) is 14.8 Å². The van der Waals surface area contributed by atoms with E-state index in [0.717, 1.165) is 25.9 Å². The molecule has 0 unspecified atom stereocenters. The Morgan fingerprint density at radius 2 is 1.94 bits per heavy atom. The summed E-state index contributed by atoms with van der Waals surface area (Å²) in [6.07, 6.45) is 1.66. The number of nitrogens with zero attached hydrogens (tertiary/aromatic N) is 2. The molecule has 1 fully saturated rings. The summed E-state index contributed by atoms with van der Waals surface area (Å²) in [5, 5.41) is 3.69. The van der Waals surface area contributed by atoms with E-state index >= 15 is 0 Å². The number of likely N-dealkylation sites (tertiary alicyclic amines) is 1. The number of nitrogens with one attached hydrogen (secondary N) is 1. The van der Waals surface area contributed by atoms with Gasteiger partial charge in [-0.1, -0.05) is 5.16 Å². The predicted octanol–water partition coefficient (Wildman–Crippen LogP) is 0.664. The summed E-state index contributed by atoms with van der Waals surface area (Å²) in [6.45, 7) is 5.08. The summed E-state index contributed by atoms with van der Waals surface area (Å²) in [5.74, 6) is 0.341. The van der Waals surface area contributed by atoms with Crippen LogP contribution in [0, 0.1) is 13.8 Å². The highest BCUT2D eigenvalue weighted by Crippen LogP contribution is 2.20. The van der Waals surface area contributed by atoms with E-state index in [4.69, 9.17) is 4.52 Å². The third-order valence-electron chi connectivity index (χ3n) is 3.28. The molecule has 0 amide bonds. The molecule has 1 aliphatic rings. The van der Waals surface area contributed by atoms with Crippen molar-refractivity contribution in [2.45, 2.75) is 37.6 Å². The van der Waals surface area contributed by atoms with Crippen LogP contribution in [-0.4, -0.2) is 44.7 Å². The van der Waals surface area contributed by atoms with Crippen molar-refractivity contribution >= 4 is 10.0 Å². The zero-order chi connectivity index (χ0) is 13.3. The maximum Gasteiger partial charge on any atom is 0.246 e. The molecule has 18 heavy (non-hydrogen) atoms. The van der Waals surface area contributed by atoms with Gasteiger partial charge in [-0.2, -0.15) is 0 Å². The Kier molecular flexibility index (Phi) is 3.74. The first-order chi connectivity index (χ1) is 8.40. The Morgan fingerprint density at radius 3 is 2.44 bits per heavy atom. The first-order valence-electron chi connectivity index (χ1n) is 6.04. The van der Waals surface area contributed by atoms with Crippen LogP contribution >= 0.6 is 0 Å². The molecule has 0 aliphatic carbocycles. The van der Waals surface area contributed by atoms with Crippen LogP contribution in [0.1, 0.15) is 24.3 Å². The zero-order valence-electron chi connectivity index (χ0n) is 10.9. The number of rotatable bonds is 3. The van der Waals surface area contributed by atoms with E-state index in [1.165, 1.54) is 0 Å². The lowest BCUT2D eigenvalue weighted by Crippen LogP contribution is -2.43. The fraction of sp³-hybridized carbons (Fsp3) is 0.727. The molecular weight excluding hydrogens is 254 g/mol. The van der Waals surface area contributed by atoms with E-state index in [9.17, 15) is 8.42 Å². The van der Waals surface area contributed by atoms with Gasteiger partial charge in [-0.3, -0.25) is 0 Å². The molecule has 1 aromatic rings. The minimum absolute atomic E-state index is 0.0000926. The average Bonchev–Trinajstić information content (AvgIpc) is 2.62. The highest BCUT2D eigenvalue weighted by atomic mass is 32.2. The SMILES string of the molecule is Cc1noc(C)c1S(=O)(=O)NC1CCN(C)CC1. The van der Waals surface area contributed by atoms with Gasteiger partial charge < -0.3 is 9.42 Å². The van der Waals surface area contributed by atoms with Crippen molar-refractivity contribution in [1.29, 1.82) is 0 Å². The minimum Gasteiger partial charge on any atom is -0.360 e. The van der Waals surface area contributed by atoms with Gasteiger partial charge in [0.1, 0.15) is 10.6 Å². The quantitative estimate of drug-likeness (QED) is 0.875. The Morgan fingerprint density at radius 1 is 1.33 bits per heavy atom. The molecule has 1 aliphatic heterocycles. The van der Waals surface area contributed by atoms with Gasteiger partial charge in [0.2, 0.25) is 10.0 Å². The molecule has 102 valence electrons. The van der Waals surface area contributed by atoms with Crippen LogP contribution in [0.2, 0.25) is 0 Å². The van der Waals surface area contributed by atoms with Crippen LogP contribution in [0.3, 0.4) is 0 Å². The smallest absolute Gasteiger partial charge is 0.246 e. The second-order valence-corrected chi connectivity index (χ2v) is 6.50. The topological polar surface area (TPSA) is 75.4 Å². The van der Waals surface area contributed by atoms with Gasteiger partial charge in [-0.25, -0.2) is 13.1 Å². The fourth-order valence-corrected chi connectivity index (χ4v) is 3.90. The Balaban J connectivity index is 2.13. The summed E-state index contributed by atoms with van der Waals surface area (Å²) in [6, 6.07) is -0.0000926. The van der Waals surface area contributed by atoms with E-state index < -0.39 is 10.0 Å². The molecule has 0 bridgehead atoms. The lowest BCUT2D eigenvalue weighted by molar-refractivity contribution is 0.248. The van der Waals surface area contributed by atoms with Crippen LogP contribution in [0.4, 0.5) is 0 Å². The van der Waals surface area contributed by atoms with Crippen molar-refractivity contribution in [3.05, 3.63) is 11.5 Å². The molecular formula is C11H19N3O3S. The predicted molar refractivity (Wildman–Crippen MR) is 66.8 cm³/mol. The molecule has 6 nitrogen and oxygen atoms in total. The Hall–Kier alpha value is -0.920. The van der Waals surface area contributed by atoms with Crippen molar-refractivity contribution in [2.24, 2.45) is 0 Å². The monoisotopic (exact) mass is 273 g/mol. The fourth-order valence-electron chi connectivity index (χ4n) is 2.26.